The van der Waals surface area contributed by atoms with E-state index in [4.69, 9.17) is 9.47 Å². The molecule has 1 saturated heterocycles. The van der Waals surface area contributed by atoms with Crippen LogP contribution in [0.25, 0.3) is 6.08 Å². The number of hydrogen-bond acceptors (Lipinski definition) is 4. The molecule has 1 aromatic rings. The van der Waals surface area contributed by atoms with E-state index in [9.17, 15) is 18.4 Å². The molecule has 4 nitrogen and oxygen atoms in total. The summed E-state index contributed by atoms with van der Waals surface area (Å²) < 4.78 is 35.5. The third-order valence-electron chi connectivity index (χ3n) is 2.65. The fourth-order valence-electron chi connectivity index (χ4n) is 1.78. The summed E-state index contributed by atoms with van der Waals surface area (Å²) in [7, 11) is 0. The van der Waals surface area contributed by atoms with Crippen molar-refractivity contribution in [2.75, 3.05) is 0 Å². The molecule has 0 saturated carbocycles. The van der Waals surface area contributed by atoms with Crippen LogP contribution in [0.2, 0.25) is 0 Å². The average Bonchev–Trinajstić information content (AvgIpc) is 2.33. The first-order valence-electron chi connectivity index (χ1n) is 5.85. The van der Waals surface area contributed by atoms with E-state index in [0.29, 0.717) is 0 Å². The van der Waals surface area contributed by atoms with Crippen LogP contribution in [0, 0.1) is 0 Å². The minimum Gasteiger partial charge on any atom is -0.419 e. The second kappa shape index (κ2) is 5.03. The van der Waals surface area contributed by atoms with Crippen molar-refractivity contribution >= 4 is 18.0 Å². The van der Waals surface area contributed by atoms with Gasteiger partial charge in [0.05, 0.1) is 0 Å². The maximum atomic E-state index is 12.8. The zero-order valence-electron chi connectivity index (χ0n) is 10.9. The van der Waals surface area contributed by atoms with Gasteiger partial charge in [-0.15, -0.1) is 0 Å². The SMILES string of the molecule is CC1(C)OC(=O)C(=Cc2ccccc2C(F)F)C(=O)O1. The Hall–Kier alpha value is -2.24. The third kappa shape index (κ3) is 2.84. The number of cyclic esters (lactones) is 2. The van der Waals surface area contributed by atoms with Crippen LogP contribution >= 0.6 is 0 Å². The van der Waals surface area contributed by atoms with Gasteiger partial charge < -0.3 is 9.47 Å². The van der Waals surface area contributed by atoms with Gasteiger partial charge in [-0.25, -0.2) is 18.4 Å². The van der Waals surface area contributed by atoms with Gasteiger partial charge in [0.2, 0.25) is 0 Å². The van der Waals surface area contributed by atoms with E-state index < -0.39 is 29.7 Å². The Balaban J connectivity index is 2.41. The van der Waals surface area contributed by atoms with Crippen molar-refractivity contribution in [2.24, 2.45) is 0 Å². The number of ether oxygens (including phenoxy) is 2. The highest BCUT2D eigenvalue weighted by Crippen LogP contribution is 2.28. The minimum absolute atomic E-state index is 0.0751. The number of esters is 2. The van der Waals surface area contributed by atoms with Crippen molar-refractivity contribution < 1.29 is 27.8 Å². The van der Waals surface area contributed by atoms with E-state index in [1.54, 1.807) is 0 Å². The number of carbonyl (C=O) groups is 2. The van der Waals surface area contributed by atoms with Crippen molar-refractivity contribution in [1.29, 1.82) is 0 Å². The molecule has 0 radical (unpaired) electrons. The highest BCUT2D eigenvalue weighted by atomic mass is 19.3. The summed E-state index contributed by atoms with van der Waals surface area (Å²) in [6.45, 7) is 2.82. The van der Waals surface area contributed by atoms with E-state index in [-0.39, 0.29) is 11.1 Å². The lowest BCUT2D eigenvalue weighted by molar-refractivity contribution is -0.222. The molecule has 0 spiro atoms. The molecule has 0 amide bonds. The standard InChI is InChI=1S/C14H12F2O4/c1-14(2)19-12(17)10(13(18)20-14)7-8-5-3-4-6-9(8)11(15)16/h3-7,11H,1-2H3. The van der Waals surface area contributed by atoms with Gasteiger partial charge >= 0.3 is 11.9 Å². The lowest BCUT2D eigenvalue weighted by Crippen LogP contribution is -2.41. The van der Waals surface area contributed by atoms with Gasteiger partial charge in [-0.3, -0.25) is 0 Å². The van der Waals surface area contributed by atoms with Crippen LogP contribution < -0.4 is 0 Å². The van der Waals surface area contributed by atoms with Crippen LogP contribution in [-0.2, 0) is 19.1 Å². The topological polar surface area (TPSA) is 52.6 Å². The molecule has 1 aliphatic heterocycles. The van der Waals surface area contributed by atoms with Crippen LogP contribution in [0.4, 0.5) is 8.78 Å². The Morgan fingerprint density at radius 3 is 2.20 bits per heavy atom. The maximum Gasteiger partial charge on any atom is 0.348 e. The molecule has 106 valence electrons. The van der Waals surface area contributed by atoms with Crippen molar-refractivity contribution in [2.45, 2.75) is 26.1 Å². The summed E-state index contributed by atoms with van der Waals surface area (Å²) in [5.41, 5.74) is -0.603. The number of rotatable bonds is 2. The average molecular weight is 282 g/mol. The van der Waals surface area contributed by atoms with Crippen LogP contribution in [0.1, 0.15) is 31.4 Å². The van der Waals surface area contributed by atoms with Crippen molar-refractivity contribution in [3.8, 4) is 0 Å². The minimum atomic E-state index is -2.71. The lowest BCUT2D eigenvalue weighted by Gasteiger charge is -2.29. The largest absolute Gasteiger partial charge is 0.419 e. The van der Waals surface area contributed by atoms with Gasteiger partial charge in [-0.05, 0) is 11.6 Å². The number of halogens is 2. The van der Waals surface area contributed by atoms with E-state index in [0.717, 1.165) is 6.08 Å². The second-order valence-electron chi connectivity index (χ2n) is 4.67. The van der Waals surface area contributed by atoms with Gasteiger partial charge in [0, 0.05) is 19.4 Å². The molecule has 0 bridgehead atoms. The van der Waals surface area contributed by atoms with E-state index in [1.807, 2.05) is 0 Å². The van der Waals surface area contributed by atoms with Crippen molar-refractivity contribution in [3.05, 3.63) is 41.0 Å². The van der Waals surface area contributed by atoms with Crippen LogP contribution in [0.15, 0.2) is 29.8 Å². The molecule has 1 aromatic carbocycles. The number of benzene rings is 1. The highest BCUT2D eigenvalue weighted by Gasteiger charge is 2.39. The van der Waals surface area contributed by atoms with Gasteiger partial charge in [0.1, 0.15) is 5.57 Å². The number of hydrogen-bond donors (Lipinski definition) is 0. The first-order valence-corrected chi connectivity index (χ1v) is 5.85. The highest BCUT2D eigenvalue weighted by molar-refractivity contribution is 6.18. The molecule has 1 aliphatic rings. The first-order chi connectivity index (χ1) is 9.30. The first kappa shape index (κ1) is 14.2. The molecule has 0 aliphatic carbocycles. The smallest absolute Gasteiger partial charge is 0.348 e. The van der Waals surface area contributed by atoms with Crippen molar-refractivity contribution in [1.82, 2.24) is 0 Å². The predicted octanol–water partition coefficient (Wildman–Crippen LogP) is 2.84. The summed E-state index contributed by atoms with van der Waals surface area (Å²) >= 11 is 0. The summed E-state index contributed by atoms with van der Waals surface area (Å²) in [4.78, 5) is 23.5. The van der Waals surface area contributed by atoms with Gasteiger partial charge in [-0.1, -0.05) is 24.3 Å². The third-order valence-corrected chi connectivity index (χ3v) is 2.65. The predicted molar refractivity (Wildman–Crippen MR) is 65.6 cm³/mol. The molecule has 0 atom stereocenters. The molecule has 1 heterocycles. The zero-order valence-corrected chi connectivity index (χ0v) is 10.9. The Bertz CT molecular complexity index is 569. The molecular weight excluding hydrogens is 270 g/mol. The maximum absolute atomic E-state index is 12.8. The Kier molecular flexibility index (Phi) is 3.57. The molecule has 2 rings (SSSR count). The van der Waals surface area contributed by atoms with E-state index in [1.165, 1.54) is 38.1 Å². The fourth-order valence-corrected chi connectivity index (χ4v) is 1.78. The van der Waals surface area contributed by atoms with Crippen LogP contribution in [-0.4, -0.2) is 17.7 Å². The Morgan fingerprint density at radius 1 is 1.10 bits per heavy atom. The van der Waals surface area contributed by atoms with Crippen molar-refractivity contribution in [3.63, 3.8) is 0 Å². The van der Waals surface area contributed by atoms with E-state index in [2.05, 4.69) is 0 Å². The van der Waals surface area contributed by atoms with Crippen LogP contribution in [0.5, 0.6) is 0 Å². The summed E-state index contributed by atoms with van der Waals surface area (Å²) in [6, 6.07) is 5.58. The molecule has 0 N–H and O–H groups in total. The van der Waals surface area contributed by atoms with E-state index >= 15 is 0 Å². The summed E-state index contributed by atoms with van der Waals surface area (Å²) in [5, 5.41) is 0. The van der Waals surface area contributed by atoms with Crippen LogP contribution in [0.3, 0.4) is 0 Å². The number of carbonyl (C=O) groups excluding carboxylic acids is 2. The van der Waals surface area contributed by atoms with Gasteiger partial charge in [0.15, 0.2) is 0 Å². The summed E-state index contributed by atoms with van der Waals surface area (Å²) in [5.74, 6) is -3.14. The summed E-state index contributed by atoms with van der Waals surface area (Å²) in [6.07, 6.45) is -1.66. The molecule has 6 heteroatoms. The molecule has 0 aromatic heterocycles. The number of alkyl halides is 2. The van der Waals surface area contributed by atoms with Gasteiger partial charge in [-0.2, -0.15) is 0 Å². The zero-order chi connectivity index (χ0) is 14.9. The Labute approximate surface area is 114 Å². The molecule has 20 heavy (non-hydrogen) atoms. The molecular formula is C14H12F2O4. The molecule has 1 fully saturated rings. The fraction of sp³-hybridized carbons (Fsp3) is 0.286. The molecule has 0 unspecified atom stereocenters. The van der Waals surface area contributed by atoms with Gasteiger partial charge in [0.25, 0.3) is 12.2 Å². The Morgan fingerprint density at radius 2 is 1.65 bits per heavy atom. The lowest BCUT2D eigenvalue weighted by atomic mass is 10.0. The second-order valence-corrected chi connectivity index (χ2v) is 4.67. The normalized spacial score (nSPS) is 17.8. The quantitative estimate of drug-likeness (QED) is 0.475. The monoisotopic (exact) mass is 282 g/mol.